The van der Waals surface area contributed by atoms with Gasteiger partial charge in [-0.2, -0.15) is 5.26 Å². The van der Waals surface area contributed by atoms with Gasteiger partial charge in [0.2, 0.25) is 5.88 Å². The third-order valence-electron chi connectivity index (χ3n) is 7.91. The van der Waals surface area contributed by atoms with Gasteiger partial charge in [0, 0.05) is 36.3 Å². The van der Waals surface area contributed by atoms with E-state index in [4.69, 9.17) is 14.9 Å². The van der Waals surface area contributed by atoms with Crippen molar-refractivity contribution in [3.05, 3.63) is 46.8 Å². The number of likely N-dealkylation sites (tertiary alicyclic amines) is 1. The molecule has 2 aromatic carbocycles. The number of nitrogens with two attached hydrogens (primary N) is 1. The summed E-state index contributed by atoms with van der Waals surface area (Å²) >= 11 is 0. The summed E-state index contributed by atoms with van der Waals surface area (Å²) < 4.78 is 43.2. The maximum absolute atomic E-state index is 16.5. The van der Waals surface area contributed by atoms with Crippen molar-refractivity contribution in [3.8, 4) is 17.2 Å². The van der Waals surface area contributed by atoms with Gasteiger partial charge in [-0.1, -0.05) is 0 Å². The van der Waals surface area contributed by atoms with E-state index >= 15 is 8.78 Å². The first-order valence-corrected chi connectivity index (χ1v) is 12.1. The number of ether oxygens (including phenoxy) is 1. The number of nitrogen functional groups attached to an aromatic ring is 1. The minimum Gasteiger partial charge on any atom is -0.465 e. The number of hydrogen-bond donors (Lipinski definition) is 2. The molecule has 0 saturated carbocycles. The minimum absolute atomic E-state index is 0.000640. The van der Waals surface area contributed by atoms with Gasteiger partial charge in [-0.15, -0.1) is 0 Å². The van der Waals surface area contributed by atoms with E-state index in [1.54, 1.807) is 0 Å². The molecule has 3 aliphatic heterocycles. The van der Waals surface area contributed by atoms with Crippen LogP contribution in [0.25, 0.3) is 33.0 Å². The first-order chi connectivity index (χ1) is 18.4. The summed E-state index contributed by atoms with van der Waals surface area (Å²) in [6.07, 6.45) is 1.87. The molecule has 2 unspecified atom stereocenters. The lowest BCUT2D eigenvalue weighted by Gasteiger charge is -2.41. The van der Waals surface area contributed by atoms with Crippen molar-refractivity contribution in [1.82, 2.24) is 14.9 Å². The Balaban J connectivity index is 1.50. The van der Waals surface area contributed by atoms with Crippen molar-refractivity contribution in [3.63, 3.8) is 0 Å². The maximum atomic E-state index is 16.5. The molecular formula is C26H20F2N6O4. The van der Waals surface area contributed by atoms with Gasteiger partial charge in [-0.05, 0) is 36.1 Å². The first-order valence-electron chi connectivity index (χ1n) is 12.1. The van der Waals surface area contributed by atoms with E-state index in [1.807, 2.05) is 6.07 Å². The molecule has 12 heteroatoms. The van der Waals surface area contributed by atoms with E-state index in [0.717, 1.165) is 18.9 Å². The highest BCUT2D eigenvalue weighted by molar-refractivity contribution is 6.05. The highest BCUT2D eigenvalue weighted by atomic mass is 19.1. The monoisotopic (exact) mass is 518 g/mol. The molecule has 4 aromatic rings. The van der Waals surface area contributed by atoms with E-state index in [2.05, 4.69) is 14.9 Å². The Morgan fingerprint density at radius 2 is 1.84 bits per heavy atom. The van der Waals surface area contributed by atoms with Crippen molar-refractivity contribution < 1.29 is 27.8 Å². The Kier molecular flexibility index (Phi) is 4.77. The van der Waals surface area contributed by atoms with Crippen molar-refractivity contribution in [2.24, 2.45) is 0 Å². The molecule has 10 nitrogen and oxygen atoms in total. The molecule has 5 heterocycles. The Hall–Kier alpha value is -4.50. The molecule has 0 aliphatic carbocycles. The number of carbonyl (C=O) groups is 1. The van der Waals surface area contributed by atoms with E-state index in [1.165, 1.54) is 17.3 Å². The molecule has 2 bridgehead atoms. The second-order valence-corrected chi connectivity index (χ2v) is 9.79. The Bertz CT molecular complexity index is 1720. The second kappa shape index (κ2) is 8.00. The molecule has 7 rings (SSSR count). The summed E-state index contributed by atoms with van der Waals surface area (Å²) in [5.74, 6) is -1.16. The number of fused-ring (bicyclic) bond motifs is 6. The molecule has 3 aliphatic rings. The smallest absolute Gasteiger partial charge is 0.407 e. The summed E-state index contributed by atoms with van der Waals surface area (Å²) in [6.45, 7) is 0.808. The van der Waals surface area contributed by atoms with Gasteiger partial charge in [0.15, 0.2) is 5.82 Å². The molecule has 3 N–H and O–H groups in total. The topological polar surface area (TPSA) is 142 Å². The quantitative estimate of drug-likeness (QED) is 0.400. The molecule has 2 atom stereocenters. The van der Waals surface area contributed by atoms with E-state index in [0.29, 0.717) is 35.4 Å². The number of rotatable bonds is 2. The molecule has 2 fully saturated rings. The van der Waals surface area contributed by atoms with Gasteiger partial charge in [0.25, 0.3) is 0 Å². The Morgan fingerprint density at radius 3 is 2.55 bits per heavy atom. The summed E-state index contributed by atoms with van der Waals surface area (Å²) in [6, 6.07) is 4.23. The van der Waals surface area contributed by atoms with Gasteiger partial charge >= 0.3 is 6.09 Å². The number of benzene rings is 2. The molecule has 1 amide bonds. The summed E-state index contributed by atoms with van der Waals surface area (Å²) in [4.78, 5) is 23.9. The minimum atomic E-state index is -0.966. The lowest BCUT2D eigenvalue weighted by atomic mass is 9.90. The zero-order valence-electron chi connectivity index (χ0n) is 19.9. The van der Waals surface area contributed by atoms with Gasteiger partial charge in [0.05, 0.1) is 24.0 Å². The Labute approximate surface area is 213 Å². The van der Waals surface area contributed by atoms with Crippen molar-refractivity contribution in [2.75, 3.05) is 23.7 Å². The van der Waals surface area contributed by atoms with Crippen molar-refractivity contribution in [2.45, 2.75) is 38.1 Å². The van der Waals surface area contributed by atoms with E-state index < -0.39 is 17.7 Å². The summed E-state index contributed by atoms with van der Waals surface area (Å²) in [7, 11) is 0. The van der Waals surface area contributed by atoms with Gasteiger partial charge in [-0.25, -0.2) is 23.5 Å². The first kappa shape index (κ1) is 22.7. The van der Waals surface area contributed by atoms with Gasteiger partial charge in [-0.3, -0.25) is 0 Å². The van der Waals surface area contributed by atoms with Crippen molar-refractivity contribution >= 4 is 39.7 Å². The number of carboxylic acid groups (broad SMARTS) is 1. The molecule has 2 aromatic heterocycles. The van der Waals surface area contributed by atoms with Crippen LogP contribution in [0.4, 0.5) is 25.3 Å². The van der Waals surface area contributed by atoms with Gasteiger partial charge in [0.1, 0.15) is 40.7 Å². The van der Waals surface area contributed by atoms with Crippen LogP contribution in [0.5, 0.6) is 0 Å². The van der Waals surface area contributed by atoms with Gasteiger partial charge < -0.3 is 29.8 Å². The highest BCUT2D eigenvalue weighted by Crippen LogP contribution is 2.47. The standard InChI is InChI=1S/C26H20F2N6O4/c27-16-3-4-17-18(13(5-29)24(30)38-17)21(16)19-14-8-37-9-15(14)20-23(22(19)28)31-10-32-25(20)34-11-1-2-12(34)7-33(6-11)26(35)36/h3-4,10-12H,1-2,6-9,30H2,(H,35,36). The SMILES string of the molecule is N#Cc1c(N)oc2ccc(F)c(-c3c4c(c5c(N6C7CCC6CN(C(=O)O)C7)ncnc5c3F)COC4)c12. The van der Waals surface area contributed by atoms with Crippen molar-refractivity contribution in [1.29, 1.82) is 5.26 Å². The molecule has 2 saturated heterocycles. The second-order valence-electron chi connectivity index (χ2n) is 9.79. The average Bonchev–Trinajstić information content (AvgIpc) is 3.58. The molecule has 0 radical (unpaired) electrons. The number of hydrogen-bond acceptors (Lipinski definition) is 8. The van der Waals surface area contributed by atoms with Crippen LogP contribution in [-0.4, -0.2) is 51.2 Å². The van der Waals surface area contributed by atoms with Crippen LogP contribution in [0, 0.1) is 23.0 Å². The number of nitriles is 1. The lowest BCUT2D eigenvalue weighted by Crippen LogP contribution is -2.55. The van der Waals surface area contributed by atoms with Crippen LogP contribution in [0.1, 0.15) is 29.5 Å². The molecule has 192 valence electrons. The third-order valence-corrected chi connectivity index (χ3v) is 7.91. The maximum Gasteiger partial charge on any atom is 0.407 e. The van der Waals surface area contributed by atoms with E-state index in [9.17, 15) is 15.2 Å². The highest BCUT2D eigenvalue weighted by Gasteiger charge is 2.43. The fraction of sp³-hybridized carbons (Fsp3) is 0.308. The van der Waals surface area contributed by atoms with E-state index in [-0.39, 0.29) is 64.4 Å². The average molecular weight is 518 g/mol. The number of amides is 1. The molecular weight excluding hydrogens is 498 g/mol. The number of piperazine rings is 1. The Morgan fingerprint density at radius 1 is 1.11 bits per heavy atom. The lowest BCUT2D eigenvalue weighted by molar-refractivity contribution is 0.133. The normalized spacial score (nSPS) is 20.3. The molecule has 0 spiro atoms. The molecule has 38 heavy (non-hydrogen) atoms. The predicted molar refractivity (Wildman–Crippen MR) is 131 cm³/mol. The number of halogens is 2. The fourth-order valence-corrected chi connectivity index (χ4v) is 6.35. The van der Waals surface area contributed by atoms with Crippen LogP contribution in [-0.2, 0) is 18.0 Å². The van der Waals surface area contributed by atoms with Crippen LogP contribution in [0.2, 0.25) is 0 Å². The zero-order chi connectivity index (χ0) is 26.3. The largest absolute Gasteiger partial charge is 0.465 e. The summed E-state index contributed by atoms with van der Waals surface area (Å²) in [5, 5.41) is 19.8. The number of anilines is 2. The predicted octanol–water partition coefficient (Wildman–Crippen LogP) is 4.14. The van der Waals surface area contributed by atoms with Crippen LogP contribution in [0.15, 0.2) is 22.9 Å². The van der Waals surface area contributed by atoms with Crippen LogP contribution >= 0.6 is 0 Å². The number of furan rings is 1. The van der Waals surface area contributed by atoms with Crippen LogP contribution in [0.3, 0.4) is 0 Å². The number of nitrogens with zero attached hydrogens (tertiary/aromatic N) is 5. The fourth-order valence-electron chi connectivity index (χ4n) is 6.35. The third kappa shape index (κ3) is 2.96. The number of aromatic nitrogens is 2. The van der Waals surface area contributed by atoms with Crippen LogP contribution < -0.4 is 10.6 Å². The zero-order valence-corrected chi connectivity index (χ0v) is 19.9. The summed E-state index contributed by atoms with van der Waals surface area (Å²) in [5.41, 5.74) is 6.87.